The standard InChI is InChI=1S/C22H17BrN4O5/c23-11-6-7-15-14(9-11)22(21(30)24-15)18-17(16-5-2-8-25(16)22)19(28)26(20(18)29)12-3-1-4-13(10-12)27(31)32/h1,3-4,6-7,9-10,16-18H,2,5,8H2,(H,24,30)/t16-,17+,18-,22-/m0/s1. The number of nitro groups is 1. The number of nitrogens with one attached hydrogen (secondary N) is 1. The topological polar surface area (TPSA) is 113 Å². The lowest BCUT2D eigenvalue weighted by Crippen LogP contribution is -2.54. The molecule has 4 atom stereocenters. The van der Waals surface area contributed by atoms with Gasteiger partial charge in [0.25, 0.3) is 5.69 Å². The van der Waals surface area contributed by atoms with Gasteiger partial charge in [-0.25, -0.2) is 4.90 Å². The van der Waals surface area contributed by atoms with E-state index in [-0.39, 0.29) is 23.3 Å². The van der Waals surface area contributed by atoms with Gasteiger partial charge in [-0.3, -0.25) is 29.4 Å². The summed E-state index contributed by atoms with van der Waals surface area (Å²) in [5.74, 6) is -2.76. The fourth-order valence-electron chi connectivity index (χ4n) is 6.18. The molecule has 2 aromatic rings. The van der Waals surface area contributed by atoms with Crippen molar-refractivity contribution in [2.45, 2.75) is 24.4 Å². The van der Waals surface area contributed by atoms with Gasteiger partial charge in [-0.05, 0) is 43.7 Å². The number of anilines is 2. The zero-order valence-electron chi connectivity index (χ0n) is 16.7. The predicted molar refractivity (Wildman–Crippen MR) is 117 cm³/mol. The summed E-state index contributed by atoms with van der Waals surface area (Å²) in [6.45, 7) is 0.619. The summed E-state index contributed by atoms with van der Waals surface area (Å²) in [6.07, 6.45) is 1.53. The number of imide groups is 1. The summed E-state index contributed by atoms with van der Waals surface area (Å²) >= 11 is 3.47. The zero-order valence-corrected chi connectivity index (χ0v) is 18.2. The van der Waals surface area contributed by atoms with Gasteiger partial charge in [0, 0.05) is 33.9 Å². The van der Waals surface area contributed by atoms with Gasteiger partial charge in [-0.15, -0.1) is 0 Å². The predicted octanol–water partition coefficient (Wildman–Crippen LogP) is 2.79. The molecule has 0 aliphatic carbocycles. The number of amides is 3. The quantitative estimate of drug-likeness (QED) is 0.388. The van der Waals surface area contributed by atoms with Gasteiger partial charge >= 0.3 is 0 Å². The van der Waals surface area contributed by atoms with Gasteiger partial charge in [0.1, 0.15) is 5.54 Å². The average Bonchev–Trinajstić information content (AvgIpc) is 3.46. The van der Waals surface area contributed by atoms with E-state index in [0.29, 0.717) is 24.2 Å². The van der Waals surface area contributed by atoms with Crippen molar-refractivity contribution in [1.82, 2.24) is 4.90 Å². The van der Waals surface area contributed by atoms with Crippen LogP contribution in [-0.4, -0.2) is 40.1 Å². The molecule has 6 rings (SSSR count). The molecular formula is C22H17BrN4O5. The molecule has 3 amide bonds. The summed E-state index contributed by atoms with van der Waals surface area (Å²) in [5, 5.41) is 14.2. The summed E-state index contributed by atoms with van der Waals surface area (Å²) in [7, 11) is 0. The van der Waals surface area contributed by atoms with Crippen LogP contribution in [-0.2, 0) is 19.9 Å². The van der Waals surface area contributed by atoms with Gasteiger partial charge in [0.2, 0.25) is 17.7 Å². The normalized spacial score (nSPS) is 30.6. The molecule has 4 aliphatic rings. The molecule has 4 aliphatic heterocycles. The van der Waals surface area contributed by atoms with Crippen LogP contribution in [0, 0.1) is 22.0 Å². The van der Waals surface area contributed by atoms with E-state index < -0.39 is 34.1 Å². The Morgan fingerprint density at radius 3 is 2.72 bits per heavy atom. The van der Waals surface area contributed by atoms with E-state index in [1.807, 2.05) is 17.0 Å². The second-order valence-corrected chi connectivity index (χ2v) is 9.52. The van der Waals surface area contributed by atoms with E-state index in [4.69, 9.17) is 0 Å². The van der Waals surface area contributed by atoms with Crippen LogP contribution in [0.25, 0.3) is 0 Å². The van der Waals surface area contributed by atoms with Crippen LogP contribution in [0.4, 0.5) is 17.1 Å². The minimum Gasteiger partial charge on any atom is -0.324 e. The lowest BCUT2D eigenvalue weighted by atomic mass is 9.75. The number of halogens is 1. The van der Waals surface area contributed by atoms with Crippen molar-refractivity contribution >= 4 is 50.7 Å². The number of nitrogens with zero attached hydrogens (tertiary/aromatic N) is 3. The number of rotatable bonds is 2. The van der Waals surface area contributed by atoms with Crippen molar-refractivity contribution in [2.75, 3.05) is 16.8 Å². The average molecular weight is 497 g/mol. The molecule has 1 N–H and O–H groups in total. The van der Waals surface area contributed by atoms with Crippen LogP contribution in [0.2, 0.25) is 0 Å². The number of nitro benzene ring substituents is 1. The first-order valence-corrected chi connectivity index (χ1v) is 11.2. The number of carbonyl (C=O) groups is 3. The molecule has 10 heteroatoms. The fourth-order valence-corrected chi connectivity index (χ4v) is 6.54. The number of hydrogen-bond donors (Lipinski definition) is 1. The zero-order chi connectivity index (χ0) is 22.4. The van der Waals surface area contributed by atoms with Crippen LogP contribution in [0.5, 0.6) is 0 Å². The number of fused-ring (bicyclic) bond motifs is 7. The molecule has 0 aromatic heterocycles. The molecule has 0 saturated carbocycles. The molecule has 9 nitrogen and oxygen atoms in total. The highest BCUT2D eigenvalue weighted by Crippen LogP contribution is 2.60. The number of benzene rings is 2. The fraction of sp³-hybridized carbons (Fsp3) is 0.318. The second kappa shape index (κ2) is 6.46. The van der Waals surface area contributed by atoms with Crippen LogP contribution < -0.4 is 10.2 Å². The molecule has 0 unspecified atom stereocenters. The largest absolute Gasteiger partial charge is 0.324 e. The molecule has 0 bridgehead atoms. The Balaban J connectivity index is 1.54. The van der Waals surface area contributed by atoms with Crippen molar-refractivity contribution in [1.29, 1.82) is 0 Å². The van der Waals surface area contributed by atoms with Gasteiger partial charge in [0.05, 0.1) is 22.4 Å². The maximum absolute atomic E-state index is 13.8. The third-order valence-corrected chi connectivity index (χ3v) is 7.75. The number of hydrogen-bond acceptors (Lipinski definition) is 6. The van der Waals surface area contributed by atoms with Gasteiger partial charge < -0.3 is 5.32 Å². The maximum atomic E-state index is 13.8. The molecule has 32 heavy (non-hydrogen) atoms. The monoisotopic (exact) mass is 496 g/mol. The smallest absolute Gasteiger partial charge is 0.271 e. The van der Waals surface area contributed by atoms with Gasteiger partial charge in [0.15, 0.2) is 0 Å². The van der Waals surface area contributed by atoms with Crippen LogP contribution in [0.3, 0.4) is 0 Å². The van der Waals surface area contributed by atoms with E-state index >= 15 is 0 Å². The Labute approximate surface area is 190 Å². The first-order chi connectivity index (χ1) is 15.4. The van der Waals surface area contributed by atoms with Crippen molar-refractivity contribution < 1.29 is 19.3 Å². The third-order valence-electron chi connectivity index (χ3n) is 7.25. The summed E-state index contributed by atoms with van der Waals surface area (Å²) in [4.78, 5) is 54.8. The van der Waals surface area contributed by atoms with E-state index in [9.17, 15) is 24.5 Å². The SMILES string of the molecule is O=C1[C@H]2[C@@H](C(=O)N1c1cccc([N+](=O)[O-])c1)[C@@]1(C(=O)Nc3ccc(Br)cc31)N1CCC[C@@H]21. The highest BCUT2D eigenvalue weighted by Gasteiger charge is 2.74. The van der Waals surface area contributed by atoms with Crippen molar-refractivity contribution in [3.8, 4) is 0 Å². The first-order valence-electron chi connectivity index (χ1n) is 10.4. The second-order valence-electron chi connectivity index (χ2n) is 8.61. The highest BCUT2D eigenvalue weighted by atomic mass is 79.9. The molecule has 1 spiro atoms. The highest BCUT2D eigenvalue weighted by molar-refractivity contribution is 9.10. The van der Waals surface area contributed by atoms with Crippen LogP contribution in [0.15, 0.2) is 46.9 Å². The van der Waals surface area contributed by atoms with E-state index in [1.54, 1.807) is 6.07 Å². The lowest BCUT2D eigenvalue weighted by molar-refractivity contribution is -0.384. The van der Waals surface area contributed by atoms with Crippen LogP contribution >= 0.6 is 15.9 Å². The third kappa shape index (κ3) is 2.23. The van der Waals surface area contributed by atoms with E-state index in [1.165, 1.54) is 24.3 Å². The molecular weight excluding hydrogens is 480 g/mol. The Bertz CT molecular complexity index is 1250. The maximum Gasteiger partial charge on any atom is 0.271 e. The lowest BCUT2D eigenvalue weighted by Gasteiger charge is -2.36. The van der Waals surface area contributed by atoms with Crippen molar-refractivity contribution in [3.63, 3.8) is 0 Å². The molecule has 0 radical (unpaired) electrons. The van der Waals surface area contributed by atoms with Gasteiger partial charge in [-0.1, -0.05) is 22.0 Å². The Kier molecular flexibility index (Phi) is 3.95. The van der Waals surface area contributed by atoms with Gasteiger partial charge in [-0.2, -0.15) is 0 Å². The minimum absolute atomic E-state index is 0.163. The molecule has 3 fully saturated rings. The number of non-ortho nitro benzene ring substituents is 1. The summed E-state index contributed by atoms with van der Waals surface area (Å²) in [5.41, 5.74) is 0.0194. The Morgan fingerprint density at radius 2 is 1.94 bits per heavy atom. The summed E-state index contributed by atoms with van der Waals surface area (Å²) in [6, 6.07) is 10.7. The molecule has 162 valence electrons. The van der Waals surface area contributed by atoms with Crippen LogP contribution in [0.1, 0.15) is 18.4 Å². The van der Waals surface area contributed by atoms with E-state index in [2.05, 4.69) is 21.2 Å². The summed E-state index contributed by atoms with van der Waals surface area (Å²) < 4.78 is 0.777. The Hall–Kier alpha value is -3.11. The number of carbonyl (C=O) groups excluding carboxylic acids is 3. The van der Waals surface area contributed by atoms with Crippen molar-refractivity contribution in [3.05, 3.63) is 62.6 Å². The first kappa shape index (κ1) is 19.6. The minimum atomic E-state index is -1.27. The molecule has 4 heterocycles. The molecule has 2 aromatic carbocycles. The molecule has 3 saturated heterocycles. The van der Waals surface area contributed by atoms with Crippen molar-refractivity contribution in [2.24, 2.45) is 11.8 Å². The van der Waals surface area contributed by atoms with E-state index in [0.717, 1.165) is 15.8 Å². The Morgan fingerprint density at radius 1 is 1.12 bits per heavy atom.